The van der Waals surface area contributed by atoms with Crippen molar-refractivity contribution < 1.29 is 19.4 Å². The number of fused-ring (bicyclic) bond motifs is 7. The van der Waals surface area contributed by atoms with Crippen molar-refractivity contribution in [2.45, 2.75) is 31.1 Å². The number of ketones is 1. The van der Waals surface area contributed by atoms with E-state index >= 15 is 0 Å². The molecule has 1 N–H and O–H groups in total. The van der Waals surface area contributed by atoms with E-state index in [1.807, 2.05) is 18.2 Å². The topological polar surface area (TPSA) is 86.2 Å². The van der Waals surface area contributed by atoms with Crippen LogP contribution in [0.1, 0.15) is 51.0 Å². The highest BCUT2D eigenvalue weighted by Crippen LogP contribution is 2.59. The number of phenols is 1. The minimum Gasteiger partial charge on any atom is -0.508 e. The van der Waals surface area contributed by atoms with Gasteiger partial charge in [-0.15, -0.1) is 0 Å². The second kappa shape index (κ2) is 6.33. The number of aromatic hydroxyl groups is 1. The lowest BCUT2D eigenvalue weighted by Gasteiger charge is -2.42. The maximum atomic E-state index is 13.5. The predicted octanol–water partition coefficient (Wildman–Crippen LogP) is 4.40. The van der Waals surface area contributed by atoms with Crippen molar-refractivity contribution in [1.82, 2.24) is 0 Å². The Balaban J connectivity index is 1.67. The third kappa shape index (κ3) is 2.16. The summed E-state index contributed by atoms with van der Waals surface area (Å²) >= 11 is 0. The fourth-order valence-electron chi connectivity index (χ4n) is 6.49. The number of hydrogen-bond donors (Lipinski definition) is 1. The van der Waals surface area contributed by atoms with Gasteiger partial charge in [0.05, 0.1) is 0 Å². The number of Topliss-reactive ketones (excluding diaryl/α,β-unsaturated/α-hetero) is 1. The lowest BCUT2D eigenvalue weighted by atomic mass is 9.66. The van der Waals surface area contributed by atoms with Gasteiger partial charge in [0.2, 0.25) is 0 Å². The number of nitrogens with zero attached hydrogens (tertiary/aromatic N) is 3. The van der Waals surface area contributed by atoms with Crippen LogP contribution in [0.3, 0.4) is 0 Å². The molecule has 0 bridgehead atoms. The molecule has 0 radical (unpaired) electrons. The Morgan fingerprint density at radius 3 is 2.67 bits per heavy atom. The summed E-state index contributed by atoms with van der Waals surface area (Å²) in [5.41, 5.74) is 15.7. The lowest BCUT2D eigenvalue weighted by molar-refractivity contribution is -0.0118. The molecule has 7 rings (SSSR count). The van der Waals surface area contributed by atoms with E-state index in [4.69, 9.17) is 4.74 Å². The Hall–Kier alpha value is -3.89. The minimum absolute atomic E-state index is 0.0795. The van der Waals surface area contributed by atoms with Gasteiger partial charge in [0.1, 0.15) is 17.2 Å². The van der Waals surface area contributed by atoms with Gasteiger partial charge in [-0.05, 0) is 55.0 Å². The molecule has 1 unspecified atom stereocenters. The average molecular weight is 435 g/mol. The van der Waals surface area contributed by atoms with Gasteiger partial charge >= 0.3 is 5.71 Å². The second-order valence-corrected chi connectivity index (χ2v) is 9.29. The summed E-state index contributed by atoms with van der Waals surface area (Å²) < 4.78 is 6.52. The third-order valence-corrected chi connectivity index (χ3v) is 7.70. The minimum atomic E-state index is -1.09. The van der Waals surface area contributed by atoms with Crippen LogP contribution in [-0.4, -0.2) is 34.5 Å². The first-order valence-electron chi connectivity index (χ1n) is 11.5. The van der Waals surface area contributed by atoms with Crippen molar-refractivity contribution in [1.29, 1.82) is 0 Å². The number of aryl methyl sites for hydroxylation is 1. The molecule has 3 aromatic rings. The standard InChI is InChI=1S/C27H21N3O3/c28-29-26-24(32)17-6-1-2-8-19(17)27(26)20-10-9-16(31)14-22(20)33-25-18-7-4-12-30-11-3-5-15(23(18)30)13-21(25)27/h1-2,6,8-10,13-14,31H,3-5,7,11-12H2. The van der Waals surface area contributed by atoms with E-state index in [1.54, 1.807) is 24.3 Å². The molecule has 1 atom stereocenters. The van der Waals surface area contributed by atoms with Crippen LogP contribution in [0, 0.1) is 0 Å². The molecule has 1 spiro atoms. The van der Waals surface area contributed by atoms with Gasteiger partial charge in [-0.25, -0.2) is 0 Å². The zero-order chi connectivity index (χ0) is 22.3. The fourth-order valence-corrected chi connectivity index (χ4v) is 6.49. The van der Waals surface area contributed by atoms with Crippen LogP contribution in [0.5, 0.6) is 17.2 Å². The molecule has 0 amide bonds. The van der Waals surface area contributed by atoms with E-state index in [0.29, 0.717) is 16.9 Å². The molecule has 0 aromatic heterocycles. The van der Waals surface area contributed by atoms with Crippen molar-refractivity contribution in [3.63, 3.8) is 0 Å². The van der Waals surface area contributed by atoms with E-state index in [-0.39, 0.29) is 17.2 Å². The highest BCUT2D eigenvalue weighted by atomic mass is 16.5. The maximum absolute atomic E-state index is 13.5. The van der Waals surface area contributed by atoms with Crippen molar-refractivity contribution in [2.75, 3.05) is 18.0 Å². The monoisotopic (exact) mass is 435 g/mol. The zero-order valence-corrected chi connectivity index (χ0v) is 18.0. The van der Waals surface area contributed by atoms with Gasteiger partial charge in [-0.3, -0.25) is 4.79 Å². The molecule has 3 heterocycles. The number of benzene rings is 3. The molecule has 162 valence electrons. The summed E-state index contributed by atoms with van der Waals surface area (Å²) in [6.45, 7) is 2.07. The Morgan fingerprint density at radius 2 is 1.82 bits per heavy atom. The largest absolute Gasteiger partial charge is 0.508 e. The first-order valence-corrected chi connectivity index (χ1v) is 11.5. The summed E-state index contributed by atoms with van der Waals surface area (Å²) in [7, 11) is 0. The van der Waals surface area contributed by atoms with E-state index in [9.17, 15) is 15.4 Å². The summed E-state index contributed by atoms with van der Waals surface area (Å²) in [5, 5.41) is 10.3. The molecule has 4 aliphatic rings. The van der Waals surface area contributed by atoms with Crippen LogP contribution in [0.25, 0.3) is 5.53 Å². The first-order chi connectivity index (χ1) is 16.1. The molecule has 3 aromatic carbocycles. The maximum Gasteiger partial charge on any atom is 0.358 e. The first kappa shape index (κ1) is 18.7. The van der Waals surface area contributed by atoms with E-state index in [1.165, 1.54) is 11.3 Å². The van der Waals surface area contributed by atoms with Crippen LogP contribution < -0.4 is 9.64 Å². The molecular weight excluding hydrogens is 414 g/mol. The third-order valence-electron chi connectivity index (χ3n) is 7.70. The van der Waals surface area contributed by atoms with Crippen LogP contribution in [0.15, 0.2) is 48.5 Å². The van der Waals surface area contributed by atoms with Gasteiger partial charge < -0.3 is 20.3 Å². The molecule has 6 heteroatoms. The summed E-state index contributed by atoms with van der Waals surface area (Å²) in [6.07, 6.45) is 3.96. The molecule has 6 nitrogen and oxygen atoms in total. The number of rotatable bonds is 0. The molecule has 33 heavy (non-hydrogen) atoms. The Labute approximate surface area is 190 Å². The molecule has 0 saturated heterocycles. The molecule has 1 aliphatic carbocycles. The fraction of sp³-hybridized carbons (Fsp3) is 0.259. The van der Waals surface area contributed by atoms with Crippen LogP contribution in [0.2, 0.25) is 0 Å². The number of carbonyl (C=O) groups excluding carboxylic acids is 1. The number of phenolic OH excluding ortho intramolecular Hbond substituents is 1. The van der Waals surface area contributed by atoms with Crippen molar-refractivity contribution in [3.8, 4) is 17.2 Å². The Bertz CT molecular complexity index is 1450. The number of ether oxygens (including phenoxy) is 1. The molecule has 0 fully saturated rings. The summed E-state index contributed by atoms with van der Waals surface area (Å²) in [5.74, 6) is 1.01. The van der Waals surface area contributed by atoms with Crippen LogP contribution >= 0.6 is 0 Å². The molecule has 3 aliphatic heterocycles. The van der Waals surface area contributed by atoms with Gasteiger partial charge in [0.25, 0.3) is 5.78 Å². The van der Waals surface area contributed by atoms with Gasteiger partial charge in [0, 0.05) is 47.1 Å². The summed E-state index contributed by atoms with van der Waals surface area (Å²) in [6, 6.07) is 14.6. The average Bonchev–Trinajstić information content (AvgIpc) is 3.09. The normalized spacial score (nSPS) is 21.6. The Morgan fingerprint density at radius 1 is 1.00 bits per heavy atom. The highest BCUT2D eigenvalue weighted by Gasteiger charge is 2.62. The van der Waals surface area contributed by atoms with Gasteiger partial charge in [-0.2, -0.15) is 4.79 Å². The van der Waals surface area contributed by atoms with Crippen LogP contribution in [0.4, 0.5) is 5.69 Å². The SMILES string of the molecule is [N-]=[N+]=C1C(=O)c2ccccc2C12c1ccc(O)cc1Oc1c2cc2c3c1CCCN3CCC2. The molecule has 0 saturated carbocycles. The van der Waals surface area contributed by atoms with E-state index in [0.717, 1.165) is 61.2 Å². The smallest absolute Gasteiger partial charge is 0.358 e. The number of anilines is 1. The van der Waals surface area contributed by atoms with Gasteiger partial charge in [-0.1, -0.05) is 24.3 Å². The van der Waals surface area contributed by atoms with E-state index in [2.05, 4.69) is 15.8 Å². The lowest BCUT2D eigenvalue weighted by Crippen LogP contribution is -2.42. The van der Waals surface area contributed by atoms with Crippen molar-refractivity contribution in [2.24, 2.45) is 0 Å². The van der Waals surface area contributed by atoms with Crippen molar-refractivity contribution in [3.05, 3.63) is 87.4 Å². The number of hydrogen-bond acceptors (Lipinski definition) is 4. The summed E-state index contributed by atoms with van der Waals surface area (Å²) in [4.78, 5) is 19.6. The Kier molecular flexibility index (Phi) is 3.58. The van der Waals surface area contributed by atoms with E-state index < -0.39 is 5.41 Å². The zero-order valence-electron chi connectivity index (χ0n) is 18.0. The highest BCUT2D eigenvalue weighted by molar-refractivity contribution is 6.52. The number of carbonyl (C=O) groups is 1. The second-order valence-electron chi connectivity index (χ2n) is 9.29. The van der Waals surface area contributed by atoms with Crippen LogP contribution in [-0.2, 0) is 18.3 Å². The molecular formula is C27H21N3O3. The van der Waals surface area contributed by atoms with Crippen molar-refractivity contribution >= 4 is 17.2 Å². The quantitative estimate of drug-likeness (QED) is 0.419. The van der Waals surface area contributed by atoms with Gasteiger partial charge in [0.15, 0.2) is 5.41 Å². The predicted molar refractivity (Wildman–Crippen MR) is 123 cm³/mol.